The van der Waals surface area contributed by atoms with Gasteiger partial charge >= 0.3 is 5.97 Å². The van der Waals surface area contributed by atoms with E-state index in [0.29, 0.717) is 23.6 Å². The number of hydrogen-bond acceptors (Lipinski definition) is 3. The Morgan fingerprint density at radius 1 is 1.50 bits per heavy atom. The SMILES string of the molecule is CCS(=O)CCNCc1cc(C(=O)O)ccc1F. The Morgan fingerprint density at radius 2 is 2.22 bits per heavy atom. The molecule has 0 saturated carbocycles. The Hall–Kier alpha value is -1.27. The Morgan fingerprint density at radius 3 is 2.83 bits per heavy atom. The smallest absolute Gasteiger partial charge is 0.335 e. The first-order valence-electron chi connectivity index (χ1n) is 5.62. The molecule has 0 spiro atoms. The van der Waals surface area contributed by atoms with E-state index in [2.05, 4.69) is 5.32 Å². The molecule has 1 atom stereocenters. The largest absolute Gasteiger partial charge is 0.478 e. The molecule has 0 amide bonds. The molecule has 0 aliphatic heterocycles. The minimum Gasteiger partial charge on any atom is -0.478 e. The molecule has 0 aliphatic carbocycles. The molecule has 4 nitrogen and oxygen atoms in total. The summed E-state index contributed by atoms with van der Waals surface area (Å²) >= 11 is 0. The van der Waals surface area contributed by atoms with Crippen LogP contribution in [0.2, 0.25) is 0 Å². The molecule has 1 aromatic carbocycles. The minimum atomic E-state index is -1.08. The van der Waals surface area contributed by atoms with Crippen molar-refractivity contribution in [1.82, 2.24) is 5.32 Å². The van der Waals surface area contributed by atoms with Crippen LogP contribution in [0.15, 0.2) is 18.2 Å². The van der Waals surface area contributed by atoms with Crippen molar-refractivity contribution >= 4 is 16.8 Å². The number of hydrogen-bond donors (Lipinski definition) is 2. The Balaban J connectivity index is 2.53. The number of benzene rings is 1. The van der Waals surface area contributed by atoms with Crippen LogP contribution in [0.1, 0.15) is 22.8 Å². The van der Waals surface area contributed by atoms with Gasteiger partial charge in [-0.05, 0) is 18.2 Å². The Labute approximate surface area is 108 Å². The van der Waals surface area contributed by atoms with Crippen molar-refractivity contribution in [2.75, 3.05) is 18.1 Å². The quantitative estimate of drug-likeness (QED) is 0.737. The van der Waals surface area contributed by atoms with E-state index in [-0.39, 0.29) is 12.1 Å². The van der Waals surface area contributed by atoms with Gasteiger partial charge in [0.05, 0.1) is 5.56 Å². The van der Waals surface area contributed by atoms with E-state index in [0.717, 1.165) is 6.07 Å². The second-order valence-corrected chi connectivity index (χ2v) is 5.59. The molecule has 6 heteroatoms. The van der Waals surface area contributed by atoms with E-state index >= 15 is 0 Å². The summed E-state index contributed by atoms with van der Waals surface area (Å²) in [5.41, 5.74) is 0.363. The van der Waals surface area contributed by atoms with Crippen molar-refractivity contribution < 1.29 is 18.5 Å². The van der Waals surface area contributed by atoms with Gasteiger partial charge in [-0.1, -0.05) is 6.92 Å². The summed E-state index contributed by atoms with van der Waals surface area (Å²) in [5.74, 6) is -0.408. The summed E-state index contributed by atoms with van der Waals surface area (Å²) in [6.45, 7) is 2.58. The lowest BCUT2D eigenvalue weighted by molar-refractivity contribution is 0.0696. The van der Waals surface area contributed by atoms with E-state index in [1.54, 1.807) is 0 Å². The topological polar surface area (TPSA) is 66.4 Å². The lowest BCUT2D eigenvalue weighted by Gasteiger charge is -2.06. The molecule has 0 aliphatic rings. The molecule has 0 saturated heterocycles. The highest BCUT2D eigenvalue weighted by atomic mass is 32.2. The number of rotatable bonds is 7. The van der Waals surface area contributed by atoms with E-state index in [4.69, 9.17) is 5.11 Å². The first kappa shape index (κ1) is 14.8. The molecule has 0 heterocycles. The highest BCUT2D eigenvalue weighted by molar-refractivity contribution is 7.84. The van der Waals surface area contributed by atoms with Gasteiger partial charge in [0.25, 0.3) is 0 Å². The molecule has 0 radical (unpaired) electrons. The van der Waals surface area contributed by atoms with Crippen LogP contribution in [0, 0.1) is 5.82 Å². The third-order valence-corrected chi connectivity index (χ3v) is 3.74. The van der Waals surface area contributed by atoms with Crippen LogP contribution in [0.5, 0.6) is 0 Å². The Bertz CT molecular complexity index is 451. The second-order valence-electron chi connectivity index (χ2n) is 3.72. The summed E-state index contributed by atoms with van der Waals surface area (Å²) < 4.78 is 24.5. The second kappa shape index (κ2) is 7.23. The zero-order chi connectivity index (χ0) is 13.5. The fourth-order valence-electron chi connectivity index (χ4n) is 1.40. The average Bonchev–Trinajstić information content (AvgIpc) is 2.35. The van der Waals surface area contributed by atoms with Gasteiger partial charge in [-0.3, -0.25) is 4.21 Å². The average molecular weight is 273 g/mol. The molecule has 0 aromatic heterocycles. The van der Waals surface area contributed by atoms with Crippen LogP contribution >= 0.6 is 0 Å². The number of carboxylic acid groups (broad SMARTS) is 1. The molecule has 0 bridgehead atoms. The highest BCUT2D eigenvalue weighted by Crippen LogP contribution is 2.10. The molecule has 2 N–H and O–H groups in total. The molecule has 18 heavy (non-hydrogen) atoms. The Kier molecular flexibility index (Phi) is 5.94. The zero-order valence-corrected chi connectivity index (χ0v) is 10.9. The van der Waals surface area contributed by atoms with Gasteiger partial charge in [-0.2, -0.15) is 0 Å². The van der Waals surface area contributed by atoms with Crippen molar-refractivity contribution in [3.8, 4) is 0 Å². The van der Waals surface area contributed by atoms with Crippen LogP contribution in [0.25, 0.3) is 0 Å². The third kappa shape index (κ3) is 4.54. The lowest BCUT2D eigenvalue weighted by Crippen LogP contribution is -2.21. The maximum atomic E-state index is 13.4. The molecule has 1 aromatic rings. The number of aromatic carboxylic acids is 1. The van der Waals surface area contributed by atoms with Crippen LogP contribution in [-0.4, -0.2) is 33.3 Å². The van der Waals surface area contributed by atoms with Crippen LogP contribution in [0.3, 0.4) is 0 Å². The fraction of sp³-hybridized carbons (Fsp3) is 0.417. The first-order valence-corrected chi connectivity index (χ1v) is 7.10. The lowest BCUT2D eigenvalue weighted by atomic mass is 10.1. The van der Waals surface area contributed by atoms with Gasteiger partial charge in [0.1, 0.15) is 5.82 Å². The predicted molar refractivity (Wildman–Crippen MR) is 68.6 cm³/mol. The minimum absolute atomic E-state index is 0.0605. The van der Waals surface area contributed by atoms with Crippen LogP contribution in [-0.2, 0) is 17.3 Å². The van der Waals surface area contributed by atoms with Crippen molar-refractivity contribution in [2.24, 2.45) is 0 Å². The van der Waals surface area contributed by atoms with E-state index in [9.17, 15) is 13.4 Å². The maximum Gasteiger partial charge on any atom is 0.335 e. The summed E-state index contributed by atoms with van der Waals surface area (Å²) in [6, 6.07) is 3.68. The van der Waals surface area contributed by atoms with E-state index in [1.165, 1.54) is 12.1 Å². The van der Waals surface area contributed by atoms with Crippen molar-refractivity contribution in [3.63, 3.8) is 0 Å². The van der Waals surface area contributed by atoms with Gasteiger partial charge < -0.3 is 10.4 Å². The van der Waals surface area contributed by atoms with Crippen LogP contribution < -0.4 is 5.32 Å². The number of halogens is 1. The number of carbonyl (C=O) groups is 1. The predicted octanol–water partition coefficient (Wildman–Crippen LogP) is 1.38. The van der Waals surface area contributed by atoms with Crippen molar-refractivity contribution in [1.29, 1.82) is 0 Å². The van der Waals surface area contributed by atoms with Crippen LogP contribution in [0.4, 0.5) is 4.39 Å². The summed E-state index contributed by atoms with van der Waals surface area (Å²) in [5, 5.41) is 11.7. The monoisotopic (exact) mass is 273 g/mol. The van der Waals surface area contributed by atoms with E-state index < -0.39 is 22.6 Å². The highest BCUT2D eigenvalue weighted by Gasteiger charge is 2.08. The van der Waals surface area contributed by atoms with Gasteiger partial charge in [-0.25, -0.2) is 9.18 Å². The normalized spacial score (nSPS) is 12.3. The zero-order valence-electron chi connectivity index (χ0n) is 10.1. The van der Waals surface area contributed by atoms with Crippen molar-refractivity contribution in [3.05, 3.63) is 35.1 Å². The standard InChI is InChI=1S/C12H16FNO3S/c1-2-18(17)6-5-14-8-10-7-9(12(15)16)3-4-11(10)13/h3-4,7,14H,2,5-6,8H2,1H3,(H,15,16). The first-order chi connectivity index (χ1) is 8.54. The van der Waals surface area contributed by atoms with Gasteiger partial charge in [0, 0.05) is 41.0 Å². The maximum absolute atomic E-state index is 13.4. The number of carboxylic acids is 1. The molecular weight excluding hydrogens is 257 g/mol. The molecule has 100 valence electrons. The van der Waals surface area contributed by atoms with E-state index in [1.807, 2.05) is 6.92 Å². The molecule has 0 fully saturated rings. The summed E-state index contributed by atoms with van der Waals surface area (Å²) in [4.78, 5) is 10.7. The van der Waals surface area contributed by atoms with Crippen molar-refractivity contribution in [2.45, 2.75) is 13.5 Å². The fourth-order valence-corrected chi connectivity index (χ4v) is 2.06. The number of nitrogens with one attached hydrogen (secondary N) is 1. The van der Waals surface area contributed by atoms with Gasteiger partial charge in [-0.15, -0.1) is 0 Å². The molecule has 1 rings (SSSR count). The molecular formula is C12H16FNO3S. The van der Waals surface area contributed by atoms with Gasteiger partial charge in [0.2, 0.25) is 0 Å². The molecule has 1 unspecified atom stereocenters. The van der Waals surface area contributed by atoms with Gasteiger partial charge in [0.15, 0.2) is 0 Å². The summed E-state index contributed by atoms with van der Waals surface area (Å²) in [6.07, 6.45) is 0. The summed E-state index contributed by atoms with van der Waals surface area (Å²) in [7, 11) is -0.852. The third-order valence-electron chi connectivity index (χ3n) is 2.44.